The van der Waals surface area contributed by atoms with E-state index in [1.54, 1.807) is 17.0 Å². The summed E-state index contributed by atoms with van der Waals surface area (Å²) in [6.45, 7) is 0.410. The molecule has 2 N–H and O–H groups in total. The van der Waals surface area contributed by atoms with E-state index >= 15 is 0 Å². The Morgan fingerprint density at radius 3 is 2.88 bits per heavy atom. The monoisotopic (exact) mass is 290 g/mol. The van der Waals surface area contributed by atoms with E-state index < -0.39 is 0 Å². The Morgan fingerprint density at radius 2 is 2.24 bits per heavy atom. The lowest BCUT2D eigenvalue weighted by Crippen LogP contribution is -2.21. The maximum Gasteiger partial charge on any atom is 0.213 e. The number of aromatic nitrogens is 2. The van der Waals surface area contributed by atoms with Gasteiger partial charge in [-0.25, -0.2) is 4.98 Å². The summed E-state index contributed by atoms with van der Waals surface area (Å²) in [5.74, 6) is 0.371. The predicted molar refractivity (Wildman–Crippen MR) is 68.3 cm³/mol. The van der Waals surface area contributed by atoms with Crippen LogP contribution < -0.4 is 5.73 Å². The molecule has 17 heavy (non-hydrogen) atoms. The molecule has 0 spiro atoms. The second kappa shape index (κ2) is 5.13. The molecule has 0 amide bonds. The fourth-order valence-corrected chi connectivity index (χ4v) is 2.34. The molecule has 0 saturated carbocycles. The largest absolute Gasteiger partial charge is 0.328 e. The Labute approximate surface area is 108 Å². The first-order chi connectivity index (χ1) is 8.27. The van der Waals surface area contributed by atoms with Crippen LogP contribution in [0, 0.1) is 11.3 Å². The first-order valence-corrected chi connectivity index (χ1v) is 5.94. The van der Waals surface area contributed by atoms with E-state index in [1.807, 2.05) is 24.3 Å². The molecule has 1 heterocycles. The van der Waals surface area contributed by atoms with Crippen molar-refractivity contribution < 1.29 is 0 Å². The third kappa shape index (κ3) is 2.23. The SMILES string of the molecule is N#Cc1nccn1C(CN)c1ccccc1Br. The molecule has 0 bridgehead atoms. The van der Waals surface area contributed by atoms with Gasteiger partial charge in [-0.1, -0.05) is 34.1 Å². The molecule has 1 aromatic heterocycles. The molecule has 1 atom stereocenters. The maximum atomic E-state index is 8.98. The molecule has 0 aliphatic carbocycles. The summed E-state index contributed by atoms with van der Waals surface area (Å²) in [6, 6.07) is 9.82. The first kappa shape index (κ1) is 11.8. The van der Waals surface area contributed by atoms with Gasteiger partial charge in [-0.3, -0.25) is 0 Å². The Bertz CT molecular complexity index is 554. The summed E-state index contributed by atoms with van der Waals surface area (Å²) < 4.78 is 2.77. The zero-order chi connectivity index (χ0) is 12.3. The quantitative estimate of drug-likeness (QED) is 0.941. The van der Waals surface area contributed by atoms with Gasteiger partial charge in [0, 0.05) is 23.4 Å². The molecule has 0 aliphatic heterocycles. The van der Waals surface area contributed by atoms with E-state index in [0.29, 0.717) is 12.4 Å². The van der Waals surface area contributed by atoms with Gasteiger partial charge in [0.15, 0.2) is 0 Å². The Kier molecular flexibility index (Phi) is 3.57. The van der Waals surface area contributed by atoms with Crippen LogP contribution in [0.2, 0.25) is 0 Å². The van der Waals surface area contributed by atoms with Crippen LogP contribution in [-0.4, -0.2) is 16.1 Å². The van der Waals surface area contributed by atoms with Crippen LogP contribution in [0.25, 0.3) is 0 Å². The fraction of sp³-hybridized carbons (Fsp3) is 0.167. The Balaban J connectivity index is 2.49. The number of imidazole rings is 1. The number of hydrogen-bond acceptors (Lipinski definition) is 3. The summed E-state index contributed by atoms with van der Waals surface area (Å²) in [7, 11) is 0. The fourth-order valence-electron chi connectivity index (χ4n) is 1.79. The number of hydrogen-bond donors (Lipinski definition) is 1. The summed E-state index contributed by atoms with van der Waals surface area (Å²) in [4.78, 5) is 3.99. The molecule has 5 heteroatoms. The number of halogens is 1. The molecule has 86 valence electrons. The van der Waals surface area contributed by atoms with E-state index in [-0.39, 0.29) is 6.04 Å². The van der Waals surface area contributed by atoms with Crippen LogP contribution in [0.4, 0.5) is 0 Å². The smallest absolute Gasteiger partial charge is 0.213 e. The molecule has 0 aliphatic rings. The van der Waals surface area contributed by atoms with Gasteiger partial charge in [0.1, 0.15) is 6.07 Å². The van der Waals surface area contributed by atoms with E-state index in [2.05, 4.69) is 27.0 Å². The van der Waals surface area contributed by atoms with Gasteiger partial charge in [0.25, 0.3) is 0 Å². The molecule has 4 nitrogen and oxygen atoms in total. The highest BCUT2D eigenvalue weighted by atomic mass is 79.9. The van der Waals surface area contributed by atoms with Crippen LogP contribution in [0.3, 0.4) is 0 Å². The van der Waals surface area contributed by atoms with Crippen molar-refractivity contribution in [3.05, 3.63) is 52.5 Å². The Hall–Kier alpha value is -1.64. The van der Waals surface area contributed by atoms with Gasteiger partial charge in [-0.2, -0.15) is 5.26 Å². The summed E-state index contributed by atoms with van der Waals surface area (Å²) in [6.07, 6.45) is 3.38. The van der Waals surface area contributed by atoms with Crippen molar-refractivity contribution in [3.63, 3.8) is 0 Å². The lowest BCUT2D eigenvalue weighted by atomic mass is 10.1. The van der Waals surface area contributed by atoms with E-state index in [0.717, 1.165) is 10.0 Å². The van der Waals surface area contributed by atoms with Gasteiger partial charge in [-0.05, 0) is 11.6 Å². The number of nitriles is 1. The van der Waals surface area contributed by atoms with Gasteiger partial charge in [0.2, 0.25) is 5.82 Å². The second-order valence-electron chi connectivity index (χ2n) is 3.54. The van der Waals surface area contributed by atoms with E-state index in [4.69, 9.17) is 11.0 Å². The minimum absolute atomic E-state index is 0.0808. The molecule has 1 unspecified atom stereocenters. The summed E-state index contributed by atoms with van der Waals surface area (Å²) in [5.41, 5.74) is 6.86. The van der Waals surface area contributed by atoms with Gasteiger partial charge < -0.3 is 10.3 Å². The molecule has 2 rings (SSSR count). The number of nitrogens with two attached hydrogens (primary N) is 1. The average molecular weight is 291 g/mol. The van der Waals surface area contributed by atoms with Crippen molar-refractivity contribution in [2.75, 3.05) is 6.54 Å². The standard InChI is InChI=1S/C12H11BrN4/c13-10-4-2-1-3-9(10)11(7-14)17-6-5-16-12(17)8-15/h1-6,11H,7,14H2. The minimum Gasteiger partial charge on any atom is -0.328 e. The number of benzene rings is 1. The molecule has 0 saturated heterocycles. The van der Waals surface area contributed by atoms with Gasteiger partial charge in [0.05, 0.1) is 6.04 Å². The molecular weight excluding hydrogens is 280 g/mol. The minimum atomic E-state index is -0.0808. The van der Waals surface area contributed by atoms with Crippen molar-refractivity contribution in [1.29, 1.82) is 5.26 Å². The highest BCUT2D eigenvalue weighted by molar-refractivity contribution is 9.10. The molecule has 1 aromatic carbocycles. The second-order valence-corrected chi connectivity index (χ2v) is 4.40. The third-order valence-electron chi connectivity index (χ3n) is 2.59. The van der Waals surface area contributed by atoms with E-state index in [1.165, 1.54) is 0 Å². The highest BCUT2D eigenvalue weighted by Crippen LogP contribution is 2.26. The molecule has 0 fully saturated rings. The first-order valence-electron chi connectivity index (χ1n) is 5.15. The van der Waals surface area contributed by atoms with Crippen molar-refractivity contribution in [2.45, 2.75) is 6.04 Å². The summed E-state index contributed by atoms with van der Waals surface area (Å²) in [5, 5.41) is 8.98. The van der Waals surface area contributed by atoms with Gasteiger partial charge >= 0.3 is 0 Å². The number of rotatable bonds is 3. The van der Waals surface area contributed by atoms with Crippen LogP contribution >= 0.6 is 15.9 Å². The van der Waals surface area contributed by atoms with Crippen molar-refractivity contribution in [3.8, 4) is 6.07 Å². The molecule has 0 radical (unpaired) electrons. The normalized spacial score (nSPS) is 12.1. The zero-order valence-electron chi connectivity index (χ0n) is 9.05. The predicted octanol–water partition coefficient (Wildman–Crippen LogP) is 2.07. The van der Waals surface area contributed by atoms with Gasteiger partial charge in [-0.15, -0.1) is 0 Å². The van der Waals surface area contributed by atoms with Crippen LogP contribution in [0.1, 0.15) is 17.4 Å². The maximum absolute atomic E-state index is 8.98. The Morgan fingerprint density at radius 1 is 1.47 bits per heavy atom. The van der Waals surface area contributed by atoms with Crippen LogP contribution in [0.5, 0.6) is 0 Å². The number of nitrogens with zero attached hydrogens (tertiary/aromatic N) is 3. The highest BCUT2D eigenvalue weighted by Gasteiger charge is 2.17. The third-order valence-corrected chi connectivity index (χ3v) is 3.31. The lowest BCUT2D eigenvalue weighted by molar-refractivity contribution is 0.585. The van der Waals surface area contributed by atoms with Crippen molar-refractivity contribution >= 4 is 15.9 Å². The lowest BCUT2D eigenvalue weighted by Gasteiger charge is -2.19. The topological polar surface area (TPSA) is 67.6 Å². The van der Waals surface area contributed by atoms with Crippen LogP contribution in [-0.2, 0) is 0 Å². The van der Waals surface area contributed by atoms with Crippen LogP contribution in [0.15, 0.2) is 41.1 Å². The zero-order valence-corrected chi connectivity index (χ0v) is 10.6. The average Bonchev–Trinajstić information content (AvgIpc) is 2.81. The van der Waals surface area contributed by atoms with Crippen molar-refractivity contribution in [2.24, 2.45) is 5.73 Å². The molecular formula is C12H11BrN4. The molecule has 2 aromatic rings. The summed E-state index contributed by atoms with van der Waals surface area (Å²) >= 11 is 3.50. The van der Waals surface area contributed by atoms with Crippen molar-refractivity contribution in [1.82, 2.24) is 9.55 Å². The van der Waals surface area contributed by atoms with E-state index in [9.17, 15) is 0 Å².